The van der Waals surface area contributed by atoms with Crippen molar-refractivity contribution in [2.24, 2.45) is 0 Å². The lowest BCUT2D eigenvalue weighted by Crippen LogP contribution is -2.25. The monoisotopic (exact) mass is 428 g/mol. The van der Waals surface area contributed by atoms with E-state index in [0.717, 1.165) is 23.2 Å². The molecule has 1 amide bonds. The Morgan fingerprint density at radius 1 is 1.12 bits per heavy atom. The largest absolute Gasteiger partial charge is 0.310 e. The normalized spacial score (nSPS) is 15.3. The highest BCUT2D eigenvalue weighted by atomic mass is 19.1. The molecule has 3 heterocycles. The Balaban J connectivity index is 1.58. The summed E-state index contributed by atoms with van der Waals surface area (Å²) in [5, 5.41) is 15.8. The molecule has 0 saturated heterocycles. The number of hydrogen-bond acceptors (Lipinski definition) is 5. The number of halogens is 1. The fourth-order valence-electron chi connectivity index (χ4n) is 4.11. The van der Waals surface area contributed by atoms with Crippen LogP contribution in [0.3, 0.4) is 0 Å². The second-order valence-electron chi connectivity index (χ2n) is 7.81. The SMILES string of the molecule is CCc1ccc(C2CC(=O)Nc3c2c(C)nn3-c2nncc(-c3ccc(F)cc3)n2)cc1. The van der Waals surface area contributed by atoms with Crippen LogP contribution < -0.4 is 5.32 Å². The van der Waals surface area contributed by atoms with Gasteiger partial charge in [0.05, 0.1) is 17.6 Å². The molecule has 0 fully saturated rings. The van der Waals surface area contributed by atoms with Crippen LogP contribution in [-0.2, 0) is 11.2 Å². The molecule has 2 aromatic heterocycles. The van der Waals surface area contributed by atoms with Crippen LogP contribution in [-0.4, -0.2) is 30.9 Å². The highest BCUT2D eigenvalue weighted by Gasteiger charge is 2.33. The van der Waals surface area contributed by atoms with Gasteiger partial charge in [0, 0.05) is 23.5 Å². The van der Waals surface area contributed by atoms with Crippen LogP contribution >= 0.6 is 0 Å². The van der Waals surface area contributed by atoms with Gasteiger partial charge in [-0.15, -0.1) is 5.10 Å². The number of hydrogen-bond donors (Lipinski definition) is 1. The number of aromatic nitrogens is 5. The molecule has 160 valence electrons. The standard InChI is InChI=1S/C24H21FN6O/c1-3-15-4-6-16(7-5-15)19-12-21(32)28-23-22(19)14(2)30-31(23)24-27-20(13-26-29-24)17-8-10-18(25)11-9-17/h4-11,13,19H,3,12H2,1-2H3,(H,28,32). The van der Waals surface area contributed by atoms with Gasteiger partial charge < -0.3 is 5.32 Å². The first-order valence-electron chi connectivity index (χ1n) is 10.5. The Morgan fingerprint density at radius 3 is 2.59 bits per heavy atom. The molecule has 32 heavy (non-hydrogen) atoms. The van der Waals surface area contributed by atoms with Crippen molar-refractivity contribution in [3.05, 3.63) is 82.9 Å². The van der Waals surface area contributed by atoms with Crippen LogP contribution in [0.4, 0.5) is 10.2 Å². The summed E-state index contributed by atoms with van der Waals surface area (Å²) in [4.78, 5) is 17.2. The quantitative estimate of drug-likeness (QED) is 0.526. The fourth-order valence-corrected chi connectivity index (χ4v) is 4.11. The summed E-state index contributed by atoms with van der Waals surface area (Å²) >= 11 is 0. The zero-order valence-corrected chi connectivity index (χ0v) is 17.7. The summed E-state index contributed by atoms with van der Waals surface area (Å²) in [6, 6.07) is 14.3. The van der Waals surface area contributed by atoms with E-state index >= 15 is 0 Å². The molecule has 5 rings (SSSR count). The van der Waals surface area contributed by atoms with Crippen molar-refractivity contribution in [1.29, 1.82) is 0 Å². The Hall–Kier alpha value is -3.94. The van der Waals surface area contributed by atoms with E-state index in [-0.39, 0.29) is 23.6 Å². The molecule has 0 spiro atoms. The summed E-state index contributed by atoms with van der Waals surface area (Å²) < 4.78 is 14.8. The molecule has 4 aromatic rings. The van der Waals surface area contributed by atoms with Crippen molar-refractivity contribution in [1.82, 2.24) is 25.0 Å². The molecule has 1 aliphatic heterocycles. The highest BCUT2D eigenvalue weighted by molar-refractivity contribution is 5.95. The molecule has 0 aliphatic carbocycles. The highest BCUT2D eigenvalue weighted by Crippen LogP contribution is 2.40. The van der Waals surface area contributed by atoms with Crippen LogP contribution in [0.5, 0.6) is 0 Å². The molecule has 0 saturated carbocycles. The molecule has 1 unspecified atom stereocenters. The zero-order valence-electron chi connectivity index (χ0n) is 17.7. The molecule has 8 heteroatoms. The van der Waals surface area contributed by atoms with Gasteiger partial charge in [-0.1, -0.05) is 31.2 Å². The van der Waals surface area contributed by atoms with Gasteiger partial charge in [0.25, 0.3) is 5.95 Å². The Labute approximate surface area is 184 Å². The molecular formula is C24H21FN6O. The second kappa shape index (κ2) is 7.96. The minimum atomic E-state index is -0.325. The van der Waals surface area contributed by atoms with Gasteiger partial charge in [-0.3, -0.25) is 4.79 Å². The number of fused-ring (bicyclic) bond motifs is 1. The molecule has 1 atom stereocenters. The maximum absolute atomic E-state index is 13.3. The summed E-state index contributed by atoms with van der Waals surface area (Å²) in [5.41, 5.74) is 5.30. The molecular weight excluding hydrogens is 407 g/mol. The number of aryl methyl sites for hydroxylation is 2. The molecule has 0 radical (unpaired) electrons. The van der Waals surface area contributed by atoms with Gasteiger partial charge in [0.1, 0.15) is 11.6 Å². The molecule has 0 bridgehead atoms. The number of amides is 1. The predicted octanol–water partition coefficient (Wildman–Crippen LogP) is 4.21. The van der Waals surface area contributed by atoms with Crippen LogP contribution in [0.2, 0.25) is 0 Å². The van der Waals surface area contributed by atoms with E-state index < -0.39 is 0 Å². The Morgan fingerprint density at radius 2 is 1.88 bits per heavy atom. The lowest BCUT2D eigenvalue weighted by Gasteiger charge is -2.24. The van der Waals surface area contributed by atoms with Crippen molar-refractivity contribution in [2.45, 2.75) is 32.6 Å². The van der Waals surface area contributed by atoms with Crippen LogP contribution in [0.1, 0.15) is 41.6 Å². The second-order valence-corrected chi connectivity index (χ2v) is 7.81. The number of rotatable bonds is 4. The van der Waals surface area contributed by atoms with Crippen molar-refractivity contribution in [2.75, 3.05) is 5.32 Å². The van der Waals surface area contributed by atoms with E-state index in [1.54, 1.807) is 12.1 Å². The van der Waals surface area contributed by atoms with Crippen molar-refractivity contribution in [3.63, 3.8) is 0 Å². The Bertz CT molecular complexity index is 1300. The third-order valence-corrected chi connectivity index (χ3v) is 5.77. The van der Waals surface area contributed by atoms with Gasteiger partial charge in [-0.2, -0.15) is 14.9 Å². The minimum absolute atomic E-state index is 0.0918. The maximum Gasteiger partial charge on any atom is 0.272 e. The van der Waals surface area contributed by atoms with E-state index in [1.807, 2.05) is 6.92 Å². The summed E-state index contributed by atoms with van der Waals surface area (Å²) in [5.74, 6) is 0.269. The van der Waals surface area contributed by atoms with Gasteiger partial charge in [0.15, 0.2) is 0 Å². The number of benzene rings is 2. The van der Waals surface area contributed by atoms with E-state index in [0.29, 0.717) is 23.5 Å². The van der Waals surface area contributed by atoms with Crippen molar-refractivity contribution < 1.29 is 9.18 Å². The van der Waals surface area contributed by atoms with E-state index in [9.17, 15) is 9.18 Å². The van der Waals surface area contributed by atoms with Crippen LogP contribution in [0.25, 0.3) is 17.2 Å². The van der Waals surface area contributed by atoms with Gasteiger partial charge >= 0.3 is 0 Å². The lowest BCUT2D eigenvalue weighted by atomic mass is 9.85. The van der Waals surface area contributed by atoms with Crippen LogP contribution in [0.15, 0.2) is 54.7 Å². The average molecular weight is 428 g/mol. The average Bonchev–Trinajstić information content (AvgIpc) is 3.15. The summed E-state index contributed by atoms with van der Waals surface area (Å²) in [6.45, 7) is 4.03. The van der Waals surface area contributed by atoms with Gasteiger partial charge in [-0.25, -0.2) is 9.37 Å². The van der Waals surface area contributed by atoms with E-state index in [1.165, 1.54) is 28.6 Å². The minimum Gasteiger partial charge on any atom is -0.310 e. The third-order valence-electron chi connectivity index (χ3n) is 5.77. The third kappa shape index (κ3) is 3.53. The number of nitrogens with one attached hydrogen (secondary N) is 1. The van der Waals surface area contributed by atoms with Gasteiger partial charge in [0.2, 0.25) is 5.91 Å². The van der Waals surface area contributed by atoms with E-state index in [2.05, 4.69) is 56.8 Å². The molecule has 2 aromatic carbocycles. The number of carbonyl (C=O) groups excluding carboxylic acids is 1. The first-order valence-corrected chi connectivity index (χ1v) is 10.5. The number of carbonyl (C=O) groups is 1. The predicted molar refractivity (Wildman–Crippen MR) is 118 cm³/mol. The fraction of sp³-hybridized carbons (Fsp3) is 0.208. The lowest BCUT2D eigenvalue weighted by molar-refractivity contribution is -0.116. The van der Waals surface area contributed by atoms with Crippen molar-refractivity contribution in [3.8, 4) is 17.2 Å². The first-order chi connectivity index (χ1) is 15.5. The number of anilines is 1. The topological polar surface area (TPSA) is 85.6 Å². The van der Waals surface area contributed by atoms with E-state index in [4.69, 9.17) is 0 Å². The van der Waals surface area contributed by atoms with Crippen LogP contribution in [0, 0.1) is 12.7 Å². The summed E-state index contributed by atoms with van der Waals surface area (Å²) in [7, 11) is 0. The Kier molecular flexibility index (Phi) is 4.97. The molecule has 1 N–H and O–H groups in total. The zero-order chi connectivity index (χ0) is 22.2. The smallest absolute Gasteiger partial charge is 0.272 e. The summed E-state index contributed by atoms with van der Waals surface area (Å²) in [6.07, 6.45) is 2.82. The van der Waals surface area contributed by atoms with Gasteiger partial charge in [-0.05, 0) is 48.7 Å². The first kappa shape index (κ1) is 20.0. The molecule has 7 nitrogen and oxygen atoms in total. The number of nitrogens with zero attached hydrogens (tertiary/aromatic N) is 5. The maximum atomic E-state index is 13.3. The molecule has 1 aliphatic rings. The van der Waals surface area contributed by atoms with Crippen molar-refractivity contribution >= 4 is 11.7 Å².